The minimum absolute atomic E-state index is 0.00376. The second-order valence-electron chi connectivity index (χ2n) is 4.13. The minimum atomic E-state index is -0.00376. The van der Waals surface area contributed by atoms with Gasteiger partial charge in [-0.25, -0.2) is 0 Å². The van der Waals surface area contributed by atoms with E-state index in [1.54, 1.807) is 24.3 Å². The Labute approximate surface area is 116 Å². The summed E-state index contributed by atoms with van der Waals surface area (Å²) in [7, 11) is 0. The number of aryl methyl sites for hydroxylation is 1. The first-order valence-electron chi connectivity index (χ1n) is 6.17. The first kappa shape index (κ1) is 13.8. The zero-order chi connectivity index (χ0) is 13.7. The number of aliphatic hydroxyl groups excluding tert-OH is 1. The lowest BCUT2D eigenvalue weighted by Crippen LogP contribution is -2.10. The van der Waals surface area contributed by atoms with E-state index in [0.29, 0.717) is 5.75 Å². The zero-order valence-corrected chi connectivity index (χ0v) is 11.6. The second-order valence-corrected chi connectivity index (χ2v) is 5.30. The molecule has 2 aromatic rings. The summed E-state index contributed by atoms with van der Waals surface area (Å²) in [6.07, 6.45) is 0.946. The number of rotatable bonds is 6. The molecule has 0 unspecified atom stereocenters. The molecule has 4 heteroatoms. The van der Waals surface area contributed by atoms with Gasteiger partial charge in [0.2, 0.25) is 5.78 Å². The number of benzene rings is 1. The van der Waals surface area contributed by atoms with Crippen molar-refractivity contribution in [2.24, 2.45) is 0 Å². The monoisotopic (exact) mass is 276 g/mol. The number of ketones is 1. The van der Waals surface area contributed by atoms with Crippen molar-refractivity contribution in [2.75, 3.05) is 6.61 Å². The number of Topliss-reactive ketones (excluding diaryl/α,β-unsaturated/α-hetero) is 1. The first-order chi connectivity index (χ1) is 9.22. The van der Waals surface area contributed by atoms with Gasteiger partial charge in [-0.2, -0.15) is 0 Å². The van der Waals surface area contributed by atoms with Crippen LogP contribution in [0.4, 0.5) is 0 Å². The van der Waals surface area contributed by atoms with E-state index < -0.39 is 0 Å². The van der Waals surface area contributed by atoms with E-state index in [1.165, 1.54) is 16.2 Å². The van der Waals surface area contributed by atoms with Crippen LogP contribution in [-0.2, 0) is 13.0 Å². The molecular weight excluding hydrogens is 260 g/mol. The van der Waals surface area contributed by atoms with Crippen LogP contribution in [0.1, 0.15) is 27.0 Å². The predicted molar refractivity (Wildman–Crippen MR) is 75.9 cm³/mol. The van der Waals surface area contributed by atoms with Crippen molar-refractivity contribution in [1.29, 1.82) is 0 Å². The molecule has 3 nitrogen and oxygen atoms in total. The Kier molecular flexibility index (Phi) is 4.71. The molecule has 0 fully saturated rings. The maximum atomic E-state index is 11.9. The Balaban J connectivity index is 1.92. The molecule has 0 atom stereocenters. The number of carbonyl (C=O) groups is 1. The summed E-state index contributed by atoms with van der Waals surface area (Å²) in [5, 5.41) is 8.93. The van der Waals surface area contributed by atoms with Crippen molar-refractivity contribution in [3.8, 4) is 5.75 Å². The molecule has 1 aromatic heterocycles. The maximum Gasteiger partial charge on any atom is 0.210 e. The van der Waals surface area contributed by atoms with Crippen molar-refractivity contribution in [2.45, 2.75) is 20.0 Å². The van der Waals surface area contributed by atoms with Crippen molar-refractivity contribution in [3.63, 3.8) is 0 Å². The van der Waals surface area contributed by atoms with E-state index in [0.717, 1.165) is 16.9 Å². The van der Waals surface area contributed by atoms with Crippen LogP contribution in [0, 0.1) is 0 Å². The summed E-state index contributed by atoms with van der Waals surface area (Å²) in [6, 6.07) is 10.9. The van der Waals surface area contributed by atoms with Crippen LogP contribution in [0.15, 0.2) is 36.4 Å². The molecule has 2 rings (SSSR count). The summed E-state index contributed by atoms with van der Waals surface area (Å²) in [4.78, 5) is 13.9. The summed E-state index contributed by atoms with van der Waals surface area (Å²) in [5.74, 6) is 0.633. The van der Waals surface area contributed by atoms with Gasteiger partial charge in [0.1, 0.15) is 5.75 Å². The molecule has 0 saturated heterocycles. The van der Waals surface area contributed by atoms with Crippen LogP contribution >= 0.6 is 11.3 Å². The number of thiophene rings is 1. The lowest BCUT2D eigenvalue weighted by molar-refractivity contribution is 0.0925. The van der Waals surface area contributed by atoms with Crippen LogP contribution in [0.25, 0.3) is 0 Å². The molecule has 0 aliphatic rings. The van der Waals surface area contributed by atoms with Crippen molar-refractivity contribution >= 4 is 17.1 Å². The van der Waals surface area contributed by atoms with E-state index in [1.807, 2.05) is 12.1 Å². The third-order valence-corrected chi connectivity index (χ3v) is 4.03. The standard InChI is InChI=1S/C15H16O3S/c1-2-13-7-8-15(19-13)14(17)10-18-12-5-3-11(9-16)4-6-12/h3-8,16H,2,9-10H2,1H3. The van der Waals surface area contributed by atoms with Gasteiger partial charge < -0.3 is 9.84 Å². The van der Waals surface area contributed by atoms with Gasteiger partial charge in [0.15, 0.2) is 6.61 Å². The average molecular weight is 276 g/mol. The van der Waals surface area contributed by atoms with Crippen LogP contribution in [0.3, 0.4) is 0 Å². The molecule has 1 N–H and O–H groups in total. The highest BCUT2D eigenvalue weighted by molar-refractivity contribution is 7.14. The van der Waals surface area contributed by atoms with Crippen LogP contribution in [-0.4, -0.2) is 17.5 Å². The summed E-state index contributed by atoms with van der Waals surface area (Å²) >= 11 is 1.52. The van der Waals surface area contributed by atoms with Crippen LogP contribution < -0.4 is 4.74 Å². The fourth-order valence-electron chi connectivity index (χ4n) is 1.63. The third-order valence-electron chi connectivity index (χ3n) is 2.76. The predicted octanol–water partition coefficient (Wildman–Crippen LogP) is 3.06. The summed E-state index contributed by atoms with van der Waals surface area (Å²) in [5.41, 5.74) is 0.824. The molecular formula is C15H16O3S. The largest absolute Gasteiger partial charge is 0.485 e. The normalized spacial score (nSPS) is 10.4. The Morgan fingerprint density at radius 3 is 2.53 bits per heavy atom. The molecule has 1 heterocycles. The highest BCUT2D eigenvalue weighted by Crippen LogP contribution is 2.18. The number of carbonyl (C=O) groups excluding carboxylic acids is 1. The van der Waals surface area contributed by atoms with Crippen LogP contribution in [0.5, 0.6) is 5.75 Å². The molecule has 0 radical (unpaired) electrons. The third kappa shape index (κ3) is 3.66. The van der Waals surface area contributed by atoms with Gasteiger partial charge in [-0.1, -0.05) is 19.1 Å². The molecule has 100 valence electrons. The Bertz CT molecular complexity index is 543. The molecule has 0 aliphatic carbocycles. The fraction of sp³-hybridized carbons (Fsp3) is 0.267. The highest BCUT2D eigenvalue weighted by Gasteiger charge is 2.09. The molecule has 0 saturated carbocycles. The van der Waals surface area contributed by atoms with E-state index in [2.05, 4.69) is 6.92 Å². The van der Waals surface area contributed by atoms with Crippen LogP contribution in [0.2, 0.25) is 0 Å². The van der Waals surface area contributed by atoms with E-state index in [-0.39, 0.29) is 19.0 Å². The quantitative estimate of drug-likeness (QED) is 0.825. The SMILES string of the molecule is CCc1ccc(C(=O)COc2ccc(CO)cc2)s1. The molecule has 0 spiro atoms. The zero-order valence-electron chi connectivity index (χ0n) is 10.8. The Morgan fingerprint density at radius 1 is 1.21 bits per heavy atom. The van der Waals surface area contributed by atoms with Gasteiger partial charge in [0.25, 0.3) is 0 Å². The lowest BCUT2D eigenvalue weighted by Gasteiger charge is -2.05. The Hall–Kier alpha value is -1.65. The number of hydrogen-bond donors (Lipinski definition) is 1. The van der Waals surface area contributed by atoms with Gasteiger partial charge in [-0.05, 0) is 36.2 Å². The van der Waals surface area contributed by atoms with Crippen molar-refractivity contribution < 1.29 is 14.6 Å². The fourth-order valence-corrected chi connectivity index (χ4v) is 2.50. The van der Waals surface area contributed by atoms with Gasteiger partial charge in [-0.15, -0.1) is 11.3 Å². The maximum absolute atomic E-state index is 11.9. The molecule has 1 aromatic carbocycles. The smallest absolute Gasteiger partial charge is 0.210 e. The first-order valence-corrected chi connectivity index (χ1v) is 6.99. The molecule has 0 bridgehead atoms. The summed E-state index contributed by atoms with van der Waals surface area (Å²) < 4.78 is 5.44. The minimum Gasteiger partial charge on any atom is -0.485 e. The lowest BCUT2D eigenvalue weighted by atomic mass is 10.2. The van der Waals surface area contributed by atoms with E-state index in [4.69, 9.17) is 9.84 Å². The number of ether oxygens (including phenoxy) is 1. The molecule has 19 heavy (non-hydrogen) atoms. The molecule has 0 amide bonds. The second kappa shape index (κ2) is 6.50. The van der Waals surface area contributed by atoms with Crippen molar-refractivity contribution in [3.05, 3.63) is 51.7 Å². The Morgan fingerprint density at radius 2 is 1.95 bits per heavy atom. The summed E-state index contributed by atoms with van der Waals surface area (Å²) in [6.45, 7) is 2.12. The average Bonchev–Trinajstić information content (AvgIpc) is 2.94. The highest BCUT2D eigenvalue weighted by atomic mass is 32.1. The topological polar surface area (TPSA) is 46.5 Å². The molecule has 0 aliphatic heterocycles. The number of hydrogen-bond acceptors (Lipinski definition) is 4. The van der Waals surface area contributed by atoms with Gasteiger partial charge in [0.05, 0.1) is 11.5 Å². The van der Waals surface area contributed by atoms with E-state index in [9.17, 15) is 4.79 Å². The van der Waals surface area contributed by atoms with Crippen molar-refractivity contribution in [1.82, 2.24) is 0 Å². The van der Waals surface area contributed by atoms with Gasteiger partial charge in [0, 0.05) is 4.88 Å². The van der Waals surface area contributed by atoms with E-state index >= 15 is 0 Å². The van der Waals surface area contributed by atoms with Gasteiger partial charge in [-0.3, -0.25) is 4.79 Å². The number of aliphatic hydroxyl groups is 1. The van der Waals surface area contributed by atoms with Gasteiger partial charge >= 0.3 is 0 Å².